The number of rotatable bonds is 4. The van der Waals surface area contributed by atoms with Crippen molar-refractivity contribution in [1.29, 1.82) is 0 Å². The van der Waals surface area contributed by atoms with Gasteiger partial charge in [-0.3, -0.25) is 9.69 Å². The lowest BCUT2D eigenvalue weighted by Crippen LogP contribution is -2.48. The minimum absolute atomic E-state index is 0.0457. The van der Waals surface area contributed by atoms with Crippen LogP contribution < -0.4 is 4.74 Å². The number of carbonyl (C=O) groups is 1. The number of ether oxygens (including phenoxy) is 1. The van der Waals surface area contributed by atoms with Crippen molar-refractivity contribution in [1.82, 2.24) is 9.80 Å². The minimum atomic E-state index is -0.104. The Kier molecular flexibility index (Phi) is 5.17. The molecule has 1 fully saturated rings. The molecule has 3 aromatic rings. The zero-order chi connectivity index (χ0) is 19.5. The quantitative estimate of drug-likeness (QED) is 0.757. The van der Waals surface area contributed by atoms with Gasteiger partial charge in [0.1, 0.15) is 11.5 Å². The van der Waals surface area contributed by atoms with Gasteiger partial charge >= 0.3 is 0 Å². The van der Waals surface area contributed by atoms with Gasteiger partial charge in [0.2, 0.25) is 0 Å². The summed E-state index contributed by atoms with van der Waals surface area (Å²) in [5.41, 5.74) is 1.61. The van der Waals surface area contributed by atoms with Crippen LogP contribution in [0.4, 0.5) is 0 Å². The van der Waals surface area contributed by atoms with E-state index in [1.165, 1.54) is 5.56 Å². The normalized spacial score (nSPS) is 15.0. The van der Waals surface area contributed by atoms with Crippen LogP contribution in [-0.4, -0.2) is 54.1 Å². The van der Waals surface area contributed by atoms with Gasteiger partial charge in [-0.15, -0.1) is 0 Å². The maximum atomic E-state index is 12.9. The van der Waals surface area contributed by atoms with E-state index < -0.39 is 0 Å². The molecule has 1 N–H and O–H groups in total. The lowest BCUT2D eigenvalue weighted by molar-refractivity contribution is 0.0626. The van der Waals surface area contributed by atoms with Crippen LogP contribution in [0.2, 0.25) is 0 Å². The van der Waals surface area contributed by atoms with Gasteiger partial charge in [0.05, 0.1) is 12.7 Å². The number of amides is 1. The average molecular weight is 376 g/mol. The van der Waals surface area contributed by atoms with E-state index in [0.29, 0.717) is 18.7 Å². The third kappa shape index (κ3) is 3.80. The molecule has 28 heavy (non-hydrogen) atoms. The molecule has 0 radical (unpaired) electrons. The van der Waals surface area contributed by atoms with Gasteiger partial charge in [0.25, 0.3) is 5.91 Å². The predicted octanol–water partition coefficient (Wildman–Crippen LogP) is 3.51. The second-order valence-electron chi connectivity index (χ2n) is 7.13. The molecule has 0 aromatic heterocycles. The highest BCUT2D eigenvalue weighted by molar-refractivity contribution is 6.01. The van der Waals surface area contributed by atoms with Gasteiger partial charge in [0, 0.05) is 32.7 Å². The number of hydrogen-bond acceptors (Lipinski definition) is 4. The molecular weight excluding hydrogens is 352 g/mol. The predicted molar refractivity (Wildman–Crippen MR) is 110 cm³/mol. The van der Waals surface area contributed by atoms with Crippen LogP contribution in [0, 0.1) is 0 Å². The Hall–Kier alpha value is -3.05. The molecule has 3 aromatic carbocycles. The SMILES string of the molecule is COc1ccc(CN2CCN(C(=O)c3cc4ccccc4cc3O)CC2)cc1. The monoisotopic (exact) mass is 376 g/mol. The van der Waals surface area contributed by atoms with Gasteiger partial charge in [-0.25, -0.2) is 0 Å². The summed E-state index contributed by atoms with van der Waals surface area (Å²) < 4.78 is 5.20. The first-order valence-corrected chi connectivity index (χ1v) is 9.50. The number of phenols is 1. The summed E-state index contributed by atoms with van der Waals surface area (Å²) in [5.74, 6) is 0.797. The number of nitrogens with zero attached hydrogens (tertiary/aromatic N) is 2. The van der Waals surface area contributed by atoms with Crippen LogP contribution in [0.1, 0.15) is 15.9 Å². The zero-order valence-electron chi connectivity index (χ0n) is 16.0. The molecule has 0 unspecified atom stereocenters. The number of piperazine rings is 1. The Bertz CT molecular complexity index is 977. The molecule has 1 aliphatic rings. The first-order valence-electron chi connectivity index (χ1n) is 9.50. The summed E-state index contributed by atoms with van der Waals surface area (Å²) in [7, 11) is 1.67. The van der Waals surface area contributed by atoms with E-state index in [1.807, 2.05) is 41.3 Å². The van der Waals surface area contributed by atoms with Crippen LogP contribution >= 0.6 is 0 Å². The van der Waals surface area contributed by atoms with Crippen LogP contribution in [-0.2, 0) is 6.54 Å². The molecule has 4 rings (SSSR count). The van der Waals surface area contributed by atoms with E-state index in [0.717, 1.165) is 36.2 Å². The average Bonchev–Trinajstić information content (AvgIpc) is 2.74. The van der Waals surface area contributed by atoms with E-state index in [1.54, 1.807) is 19.2 Å². The van der Waals surface area contributed by atoms with E-state index in [2.05, 4.69) is 17.0 Å². The molecule has 0 atom stereocenters. The highest BCUT2D eigenvalue weighted by Gasteiger charge is 2.24. The Morgan fingerprint density at radius 3 is 2.25 bits per heavy atom. The fraction of sp³-hybridized carbons (Fsp3) is 0.261. The molecule has 1 saturated heterocycles. The summed E-state index contributed by atoms with van der Waals surface area (Å²) in [4.78, 5) is 17.1. The van der Waals surface area contributed by atoms with E-state index in [-0.39, 0.29) is 11.7 Å². The second-order valence-corrected chi connectivity index (χ2v) is 7.13. The highest BCUT2D eigenvalue weighted by Crippen LogP contribution is 2.26. The maximum absolute atomic E-state index is 12.9. The van der Waals surface area contributed by atoms with Crippen molar-refractivity contribution in [3.05, 3.63) is 71.8 Å². The minimum Gasteiger partial charge on any atom is -0.507 e. The topological polar surface area (TPSA) is 53.0 Å². The Morgan fingerprint density at radius 1 is 0.964 bits per heavy atom. The summed E-state index contributed by atoms with van der Waals surface area (Å²) >= 11 is 0. The first kappa shape index (κ1) is 18.3. The maximum Gasteiger partial charge on any atom is 0.257 e. The highest BCUT2D eigenvalue weighted by atomic mass is 16.5. The fourth-order valence-electron chi connectivity index (χ4n) is 3.67. The number of carbonyl (C=O) groups excluding carboxylic acids is 1. The molecule has 0 bridgehead atoms. The molecule has 5 nitrogen and oxygen atoms in total. The number of fused-ring (bicyclic) bond motifs is 1. The molecule has 0 aliphatic carbocycles. The summed E-state index contributed by atoms with van der Waals surface area (Å²) in [6, 6.07) is 19.3. The molecule has 0 saturated carbocycles. The van der Waals surface area contributed by atoms with Crippen molar-refractivity contribution >= 4 is 16.7 Å². The Labute approximate surface area is 164 Å². The number of phenolic OH excluding ortho intramolecular Hbond substituents is 1. The van der Waals surface area contributed by atoms with Crippen molar-refractivity contribution in [3.8, 4) is 11.5 Å². The first-order chi connectivity index (χ1) is 13.6. The number of aromatic hydroxyl groups is 1. The smallest absolute Gasteiger partial charge is 0.257 e. The van der Waals surface area contributed by atoms with Crippen LogP contribution in [0.15, 0.2) is 60.7 Å². The number of benzene rings is 3. The number of hydrogen-bond donors (Lipinski definition) is 1. The molecule has 0 spiro atoms. The largest absolute Gasteiger partial charge is 0.507 e. The molecular formula is C23H24N2O3. The summed E-state index contributed by atoms with van der Waals surface area (Å²) in [6.45, 7) is 3.79. The van der Waals surface area contributed by atoms with Gasteiger partial charge in [-0.2, -0.15) is 0 Å². The summed E-state index contributed by atoms with van der Waals surface area (Å²) in [6.07, 6.45) is 0. The van der Waals surface area contributed by atoms with E-state index in [4.69, 9.17) is 4.74 Å². The van der Waals surface area contributed by atoms with E-state index in [9.17, 15) is 9.90 Å². The Morgan fingerprint density at radius 2 is 1.61 bits per heavy atom. The molecule has 5 heteroatoms. The van der Waals surface area contributed by atoms with Gasteiger partial charge in [-0.05, 0) is 40.6 Å². The zero-order valence-corrected chi connectivity index (χ0v) is 16.0. The van der Waals surface area contributed by atoms with Gasteiger partial charge in [0.15, 0.2) is 0 Å². The van der Waals surface area contributed by atoms with Crippen molar-refractivity contribution < 1.29 is 14.6 Å². The fourth-order valence-corrected chi connectivity index (χ4v) is 3.67. The van der Waals surface area contributed by atoms with Gasteiger partial charge in [-0.1, -0.05) is 36.4 Å². The van der Waals surface area contributed by atoms with Crippen molar-refractivity contribution in [3.63, 3.8) is 0 Å². The lowest BCUT2D eigenvalue weighted by Gasteiger charge is -2.35. The third-order valence-electron chi connectivity index (χ3n) is 5.32. The molecule has 144 valence electrons. The van der Waals surface area contributed by atoms with Crippen LogP contribution in [0.25, 0.3) is 10.8 Å². The Balaban J connectivity index is 1.40. The van der Waals surface area contributed by atoms with Crippen LogP contribution in [0.3, 0.4) is 0 Å². The molecule has 1 amide bonds. The van der Waals surface area contributed by atoms with Crippen LogP contribution in [0.5, 0.6) is 11.5 Å². The van der Waals surface area contributed by atoms with Gasteiger partial charge < -0.3 is 14.7 Å². The standard InChI is InChI=1S/C23H24N2O3/c1-28-20-8-6-17(7-9-20)16-24-10-12-25(13-11-24)23(27)21-14-18-4-2-3-5-19(18)15-22(21)26/h2-9,14-15,26H,10-13,16H2,1H3. The summed E-state index contributed by atoms with van der Waals surface area (Å²) in [5, 5.41) is 12.2. The van der Waals surface area contributed by atoms with Crippen molar-refractivity contribution in [2.24, 2.45) is 0 Å². The lowest BCUT2D eigenvalue weighted by atomic mass is 10.0. The van der Waals surface area contributed by atoms with Crippen molar-refractivity contribution in [2.45, 2.75) is 6.54 Å². The molecule has 1 aliphatic heterocycles. The third-order valence-corrected chi connectivity index (χ3v) is 5.32. The number of methoxy groups -OCH3 is 1. The van der Waals surface area contributed by atoms with E-state index >= 15 is 0 Å². The van der Waals surface area contributed by atoms with Crippen molar-refractivity contribution in [2.75, 3.05) is 33.3 Å². The molecule has 1 heterocycles. The second kappa shape index (κ2) is 7.90.